The molecular formula is C13H22N2. The molecule has 0 aliphatic heterocycles. The highest BCUT2D eigenvalue weighted by Gasteiger charge is 2.04. The molecule has 1 aromatic carbocycles. The zero-order valence-electron chi connectivity index (χ0n) is 10.0. The van der Waals surface area contributed by atoms with Gasteiger partial charge in [-0.25, -0.2) is 0 Å². The van der Waals surface area contributed by atoms with Crippen LogP contribution in [0.1, 0.15) is 17.5 Å². The van der Waals surface area contributed by atoms with Gasteiger partial charge >= 0.3 is 0 Å². The number of hydrogen-bond donors (Lipinski definition) is 1. The Labute approximate surface area is 93.1 Å². The summed E-state index contributed by atoms with van der Waals surface area (Å²) in [5.41, 5.74) is 8.74. The molecule has 0 saturated heterocycles. The van der Waals surface area contributed by atoms with Crippen LogP contribution in [-0.4, -0.2) is 31.6 Å². The monoisotopic (exact) mass is 206 g/mol. The lowest BCUT2D eigenvalue weighted by molar-refractivity contribution is 0.379. The standard InChI is InChI=1S/C13H22N2/c1-11-5-4-6-12(9-11)10-13(14)7-8-15(2)3/h4-6,9,13H,7-8,10,14H2,1-3H3. The lowest BCUT2D eigenvalue weighted by Crippen LogP contribution is -2.28. The minimum absolute atomic E-state index is 0.272. The molecule has 15 heavy (non-hydrogen) atoms. The van der Waals surface area contributed by atoms with Gasteiger partial charge in [0.15, 0.2) is 0 Å². The largest absolute Gasteiger partial charge is 0.327 e. The molecule has 1 unspecified atom stereocenters. The molecule has 0 aliphatic rings. The van der Waals surface area contributed by atoms with Crippen molar-refractivity contribution in [2.45, 2.75) is 25.8 Å². The first-order valence-corrected chi connectivity index (χ1v) is 5.54. The van der Waals surface area contributed by atoms with Crippen molar-refractivity contribution in [3.63, 3.8) is 0 Å². The summed E-state index contributed by atoms with van der Waals surface area (Å²) in [4.78, 5) is 2.18. The van der Waals surface area contributed by atoms with E-state index in [4.69, 9.17) is 5.73 Å². The third kappa shape index (κ3) is 4.96. The normalized spacial score (nSPS) is 13.1. The first-order valence-electron chi connectivity index (χ1n) is 5.54. The average Bonchev–Trinajstić information content (AvgIpc) is 2.15. The Kier molecular flexibility index (Phi) is 4.79. The maximum Gasteiger partial charge on any atom is 0.00914 e. The van der Waals surface area contributed by atoms with Gasteiger partial charge in [0.1, 0.15) is 0 Å². The number of benzene rings is 1. The van der Waals surface area contributed by atoms with Crippen LogP contribution in [0, 0.1) is 6.92 Å². The summed E-state index contributed by atoms with van der Waals surface area (Å²) < 4.78 is 0. The van der Waals surface area contributed by atoms with Crippen LogP contribution in [0.2, 0.25) is 0 Å². The van der Waals surface area contributed by atoms with Gasteiger partial charge in [-0.05, 0) is 46.0 Å². The van der Waals surface area contributed by atoms with Gasteiger partial charge in [0, 0.05) is 6.04 Å². The van der Waals surface area contributed by atoms with Crippen molar-refractivity contribution in [3.8, 4) is 0 Å². The molecule has 2 N–H and O–H groups in total. The molecule has 0 aliphatic carbocycles. The summed E-state index contributed by atoms with van der Waals surface area (Å²) >= 11 is 0. The molecule has 1 aromatic rings. The number of aryl methyl sites for hydroxylation is 1. The summed E-state index contributed by atoms with van der Waals surface area (Å²) in [6, 6.07) is 8.87. The third-order valence-corrected chi connectivity index (χ3v) is 2.53. The molecule has 0 aromatic heterocycles. The van der Waals surface area contributed by atoms with E-state index in [1.165, 1.54) is 11.1 Å². The van der Waals surface area contributed by atoms with Gasteiger partial charge in [0.05, 0.1) is 0 Å². The molecule has 0 spiro atoms. The molecule has 1 atom stereocenters. The van der Waals surface area contributed by atoms with Crippen molar-refractivity contribution in [1.29, 1.82) is 0 Å². The molecule has 0 fully saturated rings. The van der Waals surface area contributed by atoms with Crippen LogP contribution in [0.5, 0.6) is 0 Å². The number of nitrogens with zero attached hydrogens (tertiary/aromatic N) is 1. The van der Waals surface area contributed by atoms with Gasteiger partial charge in [0.25, 0.3) is 0 Å². The van der Waals surface area contributed by atoms with Crippen molar-refractivity contribution in [3.05, 3.63) is 35.4 Å². The Balaban J connectivity index is 2.40. The summed E-state index contributed by atoms with van der Waals surface area (Å²) in [7, 11) is 4.17. The first kappa shape index (κ1) is 12.2. The van der Waals surface area contributed by atoms with Crippen LogP contribution in [-0.2, 0) is 6.42 Å². The molecule has 2 nitrogen and oxygen atoms in total. The fraction of sp³-hybridized carbons (Fsp3) is 0.538. The van der Waals surface area contributed by atoms with Gasteiger partial charge in [-0.1, -0.05) is 29.8 Å². The van der Waals surface area contributed by atoms with E-state index in [1.54, 1.807) is 0 Å². The Hall–Kier alpha value is -0.860. The summed E-state index contributed by atoms with van der Waals surface area (Å²) in [5.74, 6) is 0. The fourth-order valence-electron chi connectivity index (χ4n) is 1.67. The third-order valence-electron chi connectivity index (χ3n) is 2.53. The maximum absolute atomic E-state index is 6.08. The van der Waals surface area contributed by atoms with E-state index in [-0.39, 0.29) is 6.04 Å². The zero-order chi connectivity index (χ0) is 11.3. The molecule has 0 saturated carbocycles. The van der Waals surface area contributed by atoms with Gasteiger partial charge < -0.3 is 10.6 Å². The van der Waals surface area contributed by atoms with Crippen molar-refractivity contribution >= 4 is 0 Å². The second kappa shape index (κ2) is 5.89. The number of hydrogen-bond acceptors (Lipinski definition) is 2. The lowest BCUT2D eigenvalue weighted by atomic mass is 10.0. The summed E-state index contributed by atoms with van der Waals surface area (Å²) in [5, 5.41) is 0. The van der Waals surface area contributed by atoms with Crippen molar-refractivity contribution in [1.82, 2.24) is 4.90 Å². The van der Waals surface area contributed by atoms with Crippen LogP contribution in [0.15, 0.2) is 24.3 Å². The van der Waals surface area contributed by atoms with E-state index in [9.17, 15) is 0 Å². The van der Waals surface area contributed by atoms with Gasteiger partial charge in [-0.3, -0.25) is 0 Å². The molecule has 0 bridgehead atoms. The Morgan fingerprint density at radius 1 is 1.33 bits per heavy atom. The van der Waals surface area contributed by atoms with Crippen LogP contribution in [0.3, 0.4) is 0 Å². The van der Waals surface area contributed by atoms with Crippen LogP contribution in [0.4, 0.5) is 0 Å². The average molecular weight is 206 g/mol. The smallest absolute Gasteiger partial charge is 0.00914 e. The molecule has 0 amide bonds. The fourth-order valence-corrected chi connectivity index (χ4v) is 1.67. The van der Waals surface area contributed by atoms with E-state index in [0.717, 1.165) is 19.4 Å². The van der Waals surface area contributed by atoms with Crippen molar-refractivity contribution < 1.29 is 0 Å². The first-order chi connectivity index (χ1) is 7.08. The Bertz CT molecular complexity index is 294. The molecule has 1 rings (SSSR count). The summed E-state index contributed by atoms with van der Waals surface area (Å²) in [6.07, 6.45) is 2.04. The maximum atomic E-state index is 6.08. The second-order valence-corrected chi connectivity index (χ2v) is 4.55. The predicted octanol–water partition coefficient (Wildman–Crippen LogP) is 1.82. The molecule has 84 valence electrons. The van der Waals surface area contributed by atoms with Crippen molar-refractivity contribution in [2.75, 3.05) is 20.6 Å². The Morgan fingerprint density at radius 3 is 2.67 bits per heavy atom. The summed E-state index contributed by atoms with van der Waals surface area (Å²) in [6.45, 7) is 3.18. The van der Waals surface area contributed by atoms with Crippen LogP contribution >= 0.6 is 0 Å². The van der Waals surface area contributed by atoms with Gasteiger partial charge in [-0.15, -0.1) is 0 Å². The molecular weight excluding hydrogens is 184 g/mol. The van der Waals surface area contributed by atoms with E-state index < -0.39 is 0 Å². The molecule has 2 heteroatoms. The van der Waals surface area contributed by atoms with E-state index in [2.05, 4.69) is 50.2 Å². The quantitative estimate of drug-likeness (QED) is 0.796. The number of rotatable bonds is 5. The minimum atomic E-state index is 0.272. The highest BCUT2D eigenvalue weighted by Crippen LogP contribution is 2.07. The van der Waals surface area contributed by atoms with Gasteiger partial charge in [0.2, 0.25) is 0 Å². The predicted molar refractivity (Wildman–Crippen MR) is 66.0 cm³/mol. The van der Waals surface area contributed by atoms with Crippen molar-refractivity contribution in [2.24, 2.45) is 5.73 Å². The highest BCUT2D eigenvalue weighted by molar-refractivity contribution is 5.22. The minimum Gasteiger partial charge on any atom is -0.327 e. The van der Waals surface area contributed by atoms with Gasteiger partial charge in [-0.2, -0.15) is 0 Å². The van der Waals surface area contributed by atoms with E-state index >= 15 is 0 Å². The SMILES string of the molecule is Cc1cccc(CC(N)CCN(C)C)c1. The van der Waals surface area contributed by atoms with E-state index in [1.807, 2.05) is 0 Å². The number of nitrogens with two attached hydrogens (primary N) is 1. The zero-order valence-corrected chi connectivity index (χ0v) is 10.0. The Morgan fingerprint density at radius 2 is 2.07 bits per heavy atom. The molecule has 0 heterocycles. The topological polar surface area (TPSA) is 29.3 Å². The van der Waals surface area contributed by atoms with Crippen LogP contribution in [0.25, 0.3) is 0 Å². The highest BCUT2D eigenvalue weighted by atomic mass is 15.0. The second-order valence-electron chi connectivity index (χ2n) is 4.55. The van der Waals surface area contributed by atoms with Crippen LogP contribution < -0.4 is 5.73 Å². The lowest BCUT2D eigenvalue weighted by Gasteiger charge is -2.15. The molecule has 0 radical (unpaired) electrons. The van der Waals surface area contributed by atoms with E-state index in [0.29, 0.717) is 0 Å².